The molecule has 12 heavy (non-hydrogen) atoms. The van der Waals surface area contributed by atoms with Gasteiger partial charge in [0, 0.05) is 13.1 Å². The minimum atomic E-state index is -0.503. The maximum Gasteiger partial charge on any atom is 0.314 e. The van der Waals surface area contributed by atoms with E-state index in [4.69, 9.17) is 5.73 Å². The van der Waals surface area contributed by atoms with Gasteiger partial charge >= 0.3 is 6.03 Å². The molecule has 1 saturated carbocycles. The Hall–Kier alpha value is -0.810. The molecule has 1 unspecified atom stereocenters. The van der Waals surface area contributed by atoms with Gasteiger partial charge in [0.2, 0.25) is 0 Å². The summed E-state index contributed by atoms with van der Waals surface area (Å²) in [7, 11) is 1.54. The fourth-order valence-corrected chi connectivity index (χ4v) is 1.45. The molecule has 0 aromatic heterocycles. The molecule has 0 bridgehead atoms. The summed E-state index contributed by atoms with van der Waals surface area (Å²) in [5.74, 6) is 0. The number of rotatable bonds is 1. The van der Waals surface area contributed by atoms with Crippen molar-refractivity contribution in [3.05, 3.63) is 0 Å². The molecule has 1 aliphatic rings. The molecule has 1 aliphatic carbocycles. The highest BCUT2D eigenvalue weighted by Gasteiger charge is 2.31. The Bertz CT molecular complexity index is 174. The molecule has 5 N–H and O–H groups in total. The summed E-state index contributed by atoms with van der Waals surface area (Å²) in [5, 5.41) is 14.4. The molecule has 1 rings (SSSR count). The van der Waals surface area contributed by atoms with Gasteiger partial charge in [-0.3, -0.25) is 0 Å². The number of aliphatic hydroxyl groups excluding tert-OH is 1. The van der Waals surface area contributed by atoms with Crippen LogP contribution in [0.5, 0.6) is 0 Å². The van der Waals surface area contributed by atoms with Gasteiger partial charge in [-0.1, -0.05) is 0 Å². The van der Waals surface area contributed by atoms with Gasteiger partial charge in [-0.05, 0) is 12.8 Å². The van der Waals surface area contributed by atoms with Gasteiger partial charge in [-0.25, -0.2) is 4.79 Å². The van der Waals surface area contributed by atoms with Crippen LogP contribution in [0.2, 0.25) is 0 Å². The molecule has 0 aromatic rings. The van der Waals surface area contributed by atoms with Crippen molar-refractivity contribution in [3.63, 3.8) is 0 Å². The first-order valence-corrected chi connectivity index (χ1v) is 4.05. The Kier molecular flexibility index (Phi) is 2.88. The lowest BCUT2D eigenvalue weighted by Crippen LogP contribution is -2.44. The van der Waals surface area contributed by atoms with Gasteiger partial charge in [0.1, 0.15) is 0 Å². The molecule has 0 spiro atoms. The van der Waals surface area contributed by atoms with Crippen molar-refractivity contribution in [1.82, 2.24) is 10.6 Å². The number of urea groups is 1. The van der Waals surface area contributed by atoms with Crippen molar-refractivity contribution in [2.75, 3.05) is 7.05 Å². The van der Waals surface area contributed by atoms with Crippen LogP contribution in [0.25, 0.3) is 0 Å². The van der Waals surface area contributed by atoms with Crippen molar-refractivity contribution < 1.29 is 9.90 Å². The summed E-state index contributed by atoms with van der Waals surface area (Å²) in [6.07, 6.45) is 0.709. The van der Waals surface area contributed by atoms with Crippen molar-refractivity contribution in [2.24, 2.45) is 5.73 Å². The predicted octanol–water partition coefficient (Wildman–Crippen LogP) is -1.23. The highest BCUT2D eigenvalue weighted by molar-refractivity contribution is 5.73. The molecule has 70 valence electrons. The third-order valence-corrected chi connectivity index (χ3v) is 2.11. The van der Waals surface area contributed by atoms with E-state index < -0.39 is 6.10 Å². The Balaban J connectivity index is 2.37. The molecular weight excluding hydrogens is 158 g/mol. The number of amides is 2. The van der Waals surface area contributed by atoms with Crippen LogP contribution in [0, 0.1) is 0 Å². The minimum Gasteiger partial charge on any atom is -0.391 e. The highest BCUT2D eigenvalue weighted by Crippen LogP contribution is 2.17. The second kappa shape index (κ2) is 3.73. The zero-order chi connectivity index (χ0) is 9.14. The van der Waals surface area contributed by atoms with Gasteiger partial charge in [0.25, 0.3) is 0 Å². The number of hydrogen-bond acceptors (Lipinski definition) is 3. The zero-order valence-corrected chi connectivity index (χ0v) is 7.08. The second-order valence-corrected chi connectivity index (χ2v) is 3.13. The molecule has 0 heterocycles. The Labute approximate surface area is 71.3 Å². The Morgan fingerprint density at radius 3 is 2.67 bits per heavy atom. The topological polar surface area (TPSA) is 87.4 Å². The van der Waals surface area contributed by atoms with E-state index >= 15 is 0 Å². The third kappa shape index (κ3) is 2.09. The van der Waals surface area contributed by atoms with E-state index in [-0.39, 0.29) is 18.1 Å². The lowest BCUT2D eigenvalue weighted by molar-refractivity contribution is 0.149. The van der Waals surface area contributed by atoms with Gasteiger partial charge in [-0.2, -0.15) is 0 Å². The molecule has 0 aliphatic heterocycles. The van der Waals surface area contributed by atoms with Crippen LogP contribution in [0.3, 0.4) is 0 Å². The number of carbonyl (C=O) groups is 1. The van der Waals surface area contributed by atoms with Gasteiger partial charge in [0.15, 0.2) is 0 Å². The molecule has 0 aromatic carbocycles. The van der Waals surface area contributed by atoms with Crippen LogP contribution < -0.4 is 16.4 Å². The molecule has 5 nitrogen and oxygen atoms in total. The van der Waals surface area contributed by atoms with Crippen molar-refractivity contribution in [3.8, 4) is 0 Å². The van der Waals surface area contributed by atoms with Crippen LogP contribution in [0.4, 0.5) is 4.79 Å². The van der Waals surface area contributed by atoms with Crippen molar-refractivity contribution in [2.45, 2.75) is 31.0 Å². The normalized spacial score (nSPS) is 34.8. The first-order valence-electron chi connectivity index (χ1n) is 4.05. The summed E-state index contributed by atoms with van der Waals surface area (Å²) >= 11 is 0. The maximum atomic E-state index is 10.8. The summed E-state index contributed by atoms with van der Waals surface area (Å²) in [6, 6.07) is -0.463. The quantitative estimate of drug-likeness (QED) is 0.400. The lowest BCUT2D eigenvalue weighted by atomic mass is 10.2. The summed E-state index contributed by atoms with van der Waals surface area (Å²) < 4.78 is 0. The largest absolute Gasteiger partial charge is 0.391 e. The number of nitrogens with two attached hydrogens (primary N) is 1. The maximum absolute atomic E-state index is 10.8. The van der Waals surface area contributed by atoms with Crippen LogP contribution >= 0.6 is 0 Å². The number of nitrogens with one attached hydrogen (secondary N) is 2. The molecule has 2 amide bonds. The van der Waals surface area contributed by atoms with E-state index in [9.17, 15) is 9.90 Å². The summed E-state index contributed by atoms with van der Waals surface area (Å²) in [6.45, 7) is 0. The Morgan fingerprint density at radius 2 is 2.25 bits per heavy atom. The fourth-order valence-electron chi connectivity index (χ4n) is 1.45. The monoisotopic (exact) mass is 173 g/mol. The molecule has 5 heteroatoms. The number of aliphatic hydroxyl groups is 1. The summed E-state index contributed by atoms with van der Waals surface area (Å²) in [5.41, 5.74) is 5.60. The zero-order valence-electron chi connectivity index (χ0n) is 7.08. The SMILES string of the molecule is CNC(=O)N[C@H]1CC(N)C[C@H]1O. The lowest BCUT2D eigenvalue weighted by Gasteiger charge is -2.15. The third-order valence-electron chi connectivity index (χ3n) is 2.11. The average Bonchev–Trinajstić information content (AvgIpc) is 2.30. The molecule has 0 saturated heterocycles. The van der Waals surface area contributed by atoms with Crippen LogP contribution in [0.1, 0.15) is 12.8 Å². The van der Waals surface area contributed by atoms with Gasteiger partial charge in [-0.15, -0.1) is 0 Å². The molecule has 3 atom stereocenters. The van der Waals surface area contributed by atoms with Gasteiger partial charge < -0.3 is 21.5 Å². The van der Waals surface area contributed by atoms with Crippen LogP contribution in [-0.2, 0) is 0 Å². The standard InChI is InChI=1S/C7H15N3O2/c1-9-7(12)10-5-2-4(8)3-6(5)11/h4-6,11H,2-3,8H2,1H3,(H2,9,10,12)/t4?,5-,6+/m0/s1. The Morgan fingerprint density at radius 1 is 1.58 bits per heavy atom. The smallest absolute Gasteiger partial charge is 0.314 e. The van der Waals surface area contributed by atoms with E-state index in [1.807, 2.05) is 0 Å². The minimum absolute atomic E-state index is 0.00200. The predicted molar refractivity (Wildman–Crippen MR) is 44.6 cm³/mol. The van der Waals surface area contributed by atoms with Crippen molar-refractivity contribution >= 4 is 6.03 Å². The highest BCUT2D eigenvalue weighted by atomic mass is 16.3. The van der Waals surface area contributed by atoms with Crippen LogP contribution in [0.15, 0.2) is 0 Å². The molecular formula is C7H15N3O2. The summed E-state index contributed by atoms with van der Waals surface area (Å²) in [4.78, 5) is 10.8. The molecule has 1 fully saturated rings. The molecule has 0 radical (unpaired) electrons. The van der Waals surface area contributed by atoms with E-state index in [0.717, 1.165) is 0 Å². The average molecular weight is 173 g/mol. The van der Waals surface area contributed by atoms with E-state index in [2.05, 4.69) is 10.6 Å². The van der Waals surface area contributed by atoms with E-state index in [1.165, 1.54) is 7.05 Å². The van der Waals surface area contributed by atoms with E-state index in [0.29, 0.717) is 12.8 Å². The first kappa shape index (κ1) is 9.28. The number of carbonyl (C=O) groups excluding carboxylic acids is 1. The fraction of sp³-hybridized carbons (Fsp3) is 0.857. The first-order chi connectivity index (χ1) is 5.63. The van der Waals surface area contributed by atoms with E-state index in [1.54, 1.807) is 0 Å². The van der Waals surface area contributed by atoms with Crippen molar-refractivity contribution in [1.29, 1.82) is 0 Å². The number of hydrogen-bond donors (Lipinski definition) is 4. The second-order valence-electron chi connectivity index (χ2n) is 3.13. The van der Waals surface area contributed by atoms with Gasteiger partial charge in [0.05, 0.1) is 12.1 Å². The van der Waals surface area contributed by atoms with Crippen LogP contribution in [-0.4, -0.2) is 36.4 Å².